The van der Waals surface area contributed by atoms with Crippen LogP contribution in [0.15, 0.2) is 65.8 Å². The summed E-state index contributed by atoms with van der Waals surface area (Å²) in [6.07, 6.45) is 5.57. The standard InChI is InChI=1S/C21H19N3O/c1-14-4-6-17(7-5-14)19-13-23-8-9-24(21(25)20(23)22-19)18-11-15(2)10-16(3)12-18/h4-13H,1-3H3. The maximum absolute atomic E-state index is 12.9. The van der Waals surface area contributed by atoms with Crippen LogP contribution in [-0.2, 0) is 0 Å². The van der Waals surface area contributed by atoms with Crippen molar-refractivity contribution in [3.63, 3.8) is 0 Å². The zero-order valence-electron chi connectivity index (χ0n) is 14.5. The summed E-state index contributed by atoms with van der Waals surface area (Å²) in [5.74, 6) is 0. The molecule has 0 bridgehead atoms. The van der Waals surface area contributed by atoms with Gasteiger partial charge in [-0.3, -0.25) is 9.36 Å². The molecule has 0 saturated heterocycles. The SMILES string of the molecule is Cc1ccc(-c2cn3ccn(-c4cc(C)cc(C)c4)c(=O)c3n2)cc1. The molecule has 0 saturated carbocycles. The maximum Gasteiger partial charge on any atom is 0.298 e. The fourth-order valence-electron chi connectivity index (χ4n) is 3.14. The van der Waals surface area contributed by atoms with Gasteiger partial charge in [-0.2, -0.15) is 0 Å². The third-order valence-electron chi connectivity index (χ3n) is 4.35. The highest BCUT2D eigenvalue weighted by atomic mass is 16.1. The molecule has 0 atom stereocenters. The van der Waals surface area contributed by atoms with Gasteiger partial charge in [-0.1, -0.05) is 35.9 Å². The van der Waals surface area contributed by atoms with Gasteiger partial charge < -0.3 is 4.40 Å². The fourth-order valence-corrected chi connectivity index (χ4v) is 3.14. The summed E-state index contributed by atoms with van der Waals surface area (Å²) in [5.41, 5.74) is 6.44. The van der Waals surface area contributed by atoms with Crippen LogP contribution in [0.25, 0.3) is 22.6 Å². The Morgan fingerprint density at radius 1 is 0.840 bits per heavy atom. The summed E-state index contributed by atoms with van der Waals surface area (Å²) in [7, 11) is 0. The van der Waals surface area contributed by atoms with Crippen LogP contribution in [0.2, 0.25) is 0 Å². The van der Waals surface area contributed by atoms with E-state index in [0.717, 1.165) is 28.1 Å². The Bertz CT molecular complexity index is 1110. The number of aryl methyl sites for hydroxylation is 3. The van der Waals surface area contributed by atoms with E-state index in [2.05, 4.69) is 18.0 Å². The van der Waals surface area contributed by atoms with E-state index in [1.54, 1.807) is 15.2 Å². The third-order valence-corrected chi connectivity index (χ3v) is 4.35. The monoisotopic (exact) mass is 329 g/mol. The lowest BCUT2D eigenvalue weighted by Gasteiger charge is -2.08. The van der Waals surface area contributed by atoms with E-state index in [4.69, 9.17) is 0 Å². The number of imidazole rings is 1. The Kier molecular flexibility index (Phi) is 3.53. The van der Waals surface area contributed by atoms with Crippen LogP contribution >= 0.6 is 0 Å². The normalized spacial score (nSPS) is 11.2. The molecule has 25 heavy (non-hydrogen) atoms. The predicted molar refractivity (Wildman–Crippen MR) is 100 cm³/mol. The van der Waals surface area contributed by atoms with E-state index in [1.165, 1.54) is 5.56 Å². The lowest BCUT2D eigenvalue weighted by atomic mass is 10.1. The first-order valence-electron chi connectivity index (χ1n) is 8.27. The Labute approximate surface area is 146 Å². The molecule has 0 radical (unpaired) electrons. The molecule has 4 nitrogen and oxygen atoms in total. The van der Waals surface area contributed by atoms with Gasteiger partial charge in [0.15, 0.2) is 0 Å². The average molecular weight is 329 g/mol. The Balaban J connectivity index is 1.88. The van der Waals surface area contributed by atoms with E-state index in [9.17, 15) is 4.79 Å². The largest absolute Gasteiger partial charge is 0.300 e. The second-order valence-electron chi connectivity index (χ2n) is 6.54. The highest BCUT2D eigenvalue weighted by Crippen LogP contribution is 2.19. The maximum atomic E-state index is 12.9. The Hall–Kier alpha value is -3.14. The number of hydrogen-bond donors (Lipinski definition) is 0. The molecule has 0 unspecified atom stereocenters. The molecule has 0 fully saturated rings. The van der Waals surface area contributed by atoms with Gasteiger partial charge in [0.25, 0.3) is 5.56 Å². The van der Waals surface area contributed by atoms with E-state index >= 15 is 0 Å². The van der Waals surface area contributed by atoms with E-state index in [0.29, 0.717) is 5.65 Å². The number of fused-ring (bicyclic) bond motifs is 1. The number of benzene rings is 2. The summed E-state index contributed by atoms with van der Waals surface area (Å²) in [5, 5.41) is 0. The number of hydrogen-bond acceptors (Lipinski definition) is 2. The molecular formula is C21H19N3O. The van der Waals surface area contributed by atoms with Crippen molar-refractivity contribution in [2.75, 3.05) is 0 Å². The molecule has 0 amide bonds. The molecular weight excluding hydrogens is 310 g/mol. The first kappa shape index (κ1) is 15.4. The third kappa shape index (κ3) is 2.76. The zero-order valence-corrected chi connectivity index (χ0v) is 14.5. The number of nitrogens with zero attached hydrogens (tertiary/aromatic N) is 3. The van der Waals surface area contributed by atoms with Crippen LogP contribution in [0.3, 0.4) is 0 Å². The van der Waals surface area contributed by atoms with E-state index < -0.39 is 0 Å². The molecule has 4 rings (SSSR count). The predicted octanol–water partition coefficient (Wildman–Crippen LogP) is 4.08. The van der Waals surface area contributed by atoms with Gasteiger partial charge in [-0.25, -0.2) is 4.98 Å². The topological polar surface area (TPSA) is 39.3 Å². The van der Waals surface area contributed by atoms with Crippen LogP contribution < -0.4 is 5.56 Å². The average Bonchev–Trinajstić information content (AvgIpc) is 3.00. The van der Waals surface area contributed by atoms with Crippen LogP contribution in [-0.4, -0.2) is 14.0 Å². The lowest BCUT2D eigenvalue weighted by molar-refractivity contribution is 0.946. The second kappa shape index (κ2) is 5.74. The zero-order chi connectivity index (χ0) is 17.6. The minimum atomic E-state index is -0.120. The van der Waals surface area contributed by atoms with Gasteiger partial charge in [0.1, 0.15) is 0 Å². The van der Waals surface area contributed by atoms with Crippen LogP contribution in [0.5, 0.6) is 0 Å². The summed E-state index contributed by atoms with van der Waals surface area (Å²) < 4.78 is 3.44. The van der Waals surface area contributed by atoms with Crippen molar-refractivity contribution < 1.29 is 0 Å². The smallest absolute Gasteiger partial charge is 0.298 e. The van der Waals surface area contributed by atoms with Crippen molar-refractivity contribution in [1.29, 1.82) is 0 Å². The molecule has 0 spiro atoms. The van der Waals surface area contributed by atoms with Gasteiger partial charge >= 0.3 is 0 Å². The van der Waals surface area contributed by atoms with Crippen molar-refractivity contribution in [2.45, 2.75) is 20.8 Å². The quantitative estimate of drug-likeness (QED) is 0.556. The molecule has 0 aliphatic rings. The second-order valence-corrected chi connectivity index (χ2v) is 6.54. The molecule has 0 aliphatic carbocycles. The summed E-state index contributed by atoms with van der Waals surface area (Å²) in [6.45, 7) is 6.12. The van der Waals surface area contributed by atoms with Crippen LogP contribution in [0.1, 0.15) is 16.7 Å². The first-order chi connectivity index (χ1) is 12.0. The van der Waals surface area contributed by atoms with Crippen molar-refractivity contribution in [3.8, 4) is 16.9 Å². The molecule has 0 aliphatic heterocycles. The Morgan fingerprint density at radius 3 is 2.20 bits per heavy atom. The molecule has 2 heterocycles. The minimum Gasteiger partial charge on any atom is -0.300 e. The van der Waals surface area contributed by atoms with Crippen molar-refractivity contribution >= 4 is 5.65 Å². The van der Waals surface area contributed by atoms with Crippen molar-refractivity contribution in [2.24, 2.45) is 0 Å². The van der Waals surface area contributed by atoms with Gasteiger partial charge in [-0.05, 0) is 44.0 Å². The van der Waals surface area contributed by atoms with E-state index in [1.807, 2.05) is 62.6 Å². The molecule has 0 N–H and O–H groups in total. The van der Waals surface area contributed by atoms with Gasteiger partial charge in [0.2, 0.25) is 5.65 Å². The van der Waals surface area contributed by atoms with Gasteiger partial charge in [-0.15, -0.1) is 0 Å². The summed E-state index contributed by atoms with van der Waals surface area (Å²) in [4.78, 5) is 17.5. The molecule has 2 aromatic heterocycles. The van der Waals surface area contributed by atoms with Crippen LogP contribution in [0, 0.1) is 20.8 Å². The van der Waals surface area contributed by atoms with E-state index in [-0.39, 0.29) is 5.56 Å². The number of aromatic nitrogens is 3. The van der Waals surface area contributed by atoms with Crippen molar-refractivity contribution in [1.82, 2.24) is 14.0 Å². The van der Waals surface area contributed by atoms with Crippen LogP contribution in [0.4, 0.5) is 0 Å². The molecule has 2 aromatic carbocycles. The highest BCUT2D eigenvalue weighted by Gasteiger charge is 2.10. The molecule has 124 valence electrons. The number of rotatable bonds is 2. The minimum absolute atomic E-state index is 0.120. The Morgan fingerprint density at radius 2 is 1.52 bits per heavy atom. The van der Waals surface area contributed by atoms with Gasteiger partial charge in [0, 0.05) is 29.8 Å². The summed E-state index contributed by atoms with van der Waals surface area (Å²) in [6, 6.07) is 14.3. The van der Waals surface area contributed by atoms with Gasteiger partial charge in [0.05, 0.1) is 5.69 Å². The fraction of sp³-hybridized carbons (Fsp3) is 0.143. The molecule has 4 heteroatoms. The molecule has 4 aromatic rings. The summed E-state index contributed by atoms with van der Waals surface area (Å²) >= 11 is 0. The lowest BCUT2D eigenvalue weighted by Crippen LogP contribution is -2.20. The highest BCUT2D eigenvalue weighted by molar-refractivity contribution is 5.62. The first-order valence-corrected chi connectivity index (χ1v) is 8.27. The van der Waals surface area contributed by atoms with Crippen molar-refractivity contribution in [3.05, 3.63) is 88.1 Å².